The number of hydrogen-bond donors (Lipinski definition) is 0. The Balaban J connectivity index is 1.44. The molecule has 2 atom stereocenters. The molecule has 0 saturated carbocycles. The van der Waals surface area contributed by atoms with E-state index in [1.807, 2.05) is 41.3 Å². The van der Waals surface area contributed by atoms with E-state index in [4.69, 9.17) is 4.74 Å². The molecule has 0 bridgehead atoms. The van der Waals surface area contributed by atoms with Crippen LogP contribution in [0.15, 0.2) is 60.9 Å². The van der Waals surface area contributed by atoms with Crippen LogP contribution in [-0.4, -0.2) is 53.6 Å². The van der Waals surface area contributed by atoms with Gasteiger partial charge in [0, 0.05) is 36.9 Å². The molecule has 2 aliphatic heterocycles. The highest BCUT2D eigenvalue weighted by atomic mass is 16.5. The third-order valence-corrected chi connectivity index (χ3v) is 6.36. The summed E-state index contributed by atoms with van der Waals surface area (Å²) in [7, 11) is 0. The monoisotopic (exact) mass is 402 g/mol. The van der Waals surface area contributed by atoms with Gasteiger partial charge in [-0.25, -0.2) is 9.97 Å². The number of carbonyl (C=O) groups is 1. The van der Waals surface area contributed by atoms with E-state index in [9.17, 15) is 4.79 Å². The molecule has 6 nitrogen and oxygen atoms in total. The Labute approximate surface area is 176 Å². The van der Waals surface area contributed by atoms with E-state index in [2.05, 4.69) is 40.0 Å². The van der Waals surface area contributed by atoms with Crippen molar-refractivity contribution in [2.75, 3.05) is 37.7 Å². The number of hydrogen-bond acceptors (Lipinski definition) is 5. The summed E-state index contributed by atoms with van der Waals surface area (Å²) in [4.78, 5) is 26.4. The summed E-state index contributed by atoms with van der Waals surface area (Å²) in [5, 5.41) is 1.04. The normalized spacial score (nSPS) is 23.2. The van der Waals surface area contributed by atoms with Crippen molar-refractivity contribution in [2.24, 2.45) is 5.41 Å². The molecule has 2 fully saturated rings. The average molecular weight is 402 g/mol. The predicted octanol–water partition coefficient (Wildman–Crippen LogP) is 3.45. The van der Waals surface area contributed by atoms with Crippen LogP contribution in [-0.2, 0) is 9.53 Å². The molecule has 3 heterocycles. The van der Waals surface area contributed by atoms with E-state index in [1.54, 1.807) is 6.33 Å². The van der Waals surface area contributed by atoms with Gasteiger partial charge in [0.05, 0.1) is 24.8 Å². The van der Waals surface area contributed by atoms with Gasteiger partial charge in [-0.1, -0.05) is 42.5 Å². The standard InChI is InChI=1S/C24H26N4O2/c1-18(19-7-3-2-4-8-19)28-15-24(13-22(28)29)14-27(11-12-30-16-24)23-20-9-5-6-10-21(20)25-17-26-23/h2-10,17-18H,11-16H2,1H3/t18-,24-/m1/s1. The van der Waals surface area contributed by atoms with Crippen molar-refractivity contribution in [3.05, 3.63) is 66.5 Å². The van der Waals surface area contributed by atoms with Crippen LogP contribution in [0.1, 0.15) is 24.9 Å². The topological polar surface area (TPSA) is 58.6 Å². The Morgan fingerprint density at radius 1 is 1.03 bits per heavy atom. The van der Waals surface area contributed by atoms with Crippen molar-refractivity contribution in [3.8, 4) is 0 Å². The number of rotatable bonds is 3. The van der Waals surface area contributed by atoms with Gasteiger partial charge in [-0.2, -0.15) is 0 Å². The van der Waals surface area contributed by atoms with Gasteiger partial charge < -0.3 is 14.5 Å². The third-order valence-electron chi connectivity index (χ3n) is 6.36. The third kappa shape index (κ3) is 3.41. The van der Waals surface area contributed by atoms with E-state index in [0.717, 1.165) is 35.4 Å². The van der Waals surface area contributed by atoms with Gasteiger partial charge in [0.25, 0.3) is 0 Å². The average Bonchev–Trinajstić information content (AvgIpc) is 2.97. The number of nitrogens with zero attached hydrogens (tertiary/aromatic N) is 4. The minimum Gasteiger partial charge on any atom is -0.379 e. The van der Waals surface area contributed by atoms with Crippen molar-refractivity contribution >= 4 is 22.6 Å². The summed E-state index contributed by atoms with van der Waals surface area (Å²) in [6, 6.07) is 18.4. The van der Waals surface area contributed by atoms with Gasteiger partial charge >= 0.3 is 0 Å². The maximum Gasteiger partial charge on any atom is 0.223 e. The fraction of sp³-hybridized carbons (Fsp3) is 0.375. The largest absolute Gasteiger partial charge is 0.379 e. The van der Waals surface area contributed by atoms with E-state index in [-0.39, 0.29) is 17.4 Å². The SMILES string of the molecule is C[C@H](c1ccccc1)N1C[C@@]2(COCCN(c3ncnc4ccccc34)C2)CC1=O. The molecular formula is C24H26N4O2. The minimum atomic E-state index is -0.233. The highest BCUT2D eigenvalue weighted by Crippen LogP contribution is 2.39. The lowest BCUT2D eigenvalue weighted by Crippen LogP contribution is -2.41. The summed E-state index contributed by atoms with van der Waals surface area (Å²) in [5.41, 5.74) is 1.86. The molecule has 2 saturated heterocycles. The second-order valence-electron chi connectivity index (χ2n) is 8.47. The number of ether oxygens (including phenoxy) is 1. The molecule has 3 aromatic rings. The number of aromatic nitrogens is 2. The first-order valence-electron chi connectivity index (χ1n) is 10.5. The van der Waals surface area contributed by atoms with Gasteiger partial charge in [-0.15, -0.1) is 0 Å². The first-order valence-corrected chi connectivity index (χ1v) is 10.5. The smallest absolute Gasteiger partial charge is 0.223 e. The van der Waals surface area contributed by atoms with E-state index in [1.165, 1.54) is 0 Å². The molecule has 2 aromatic carbocycles. The van der Waals surface area contributed by atoms with Crippen LogP contribution >= 0.6 is 0 Å². The summed E-state index contributed by atoms with van der Waals surface area (Å²) in [6.45, 7) is 5.53. The van der Waals surface area contributed by atoms with Gasteiger partial charge in [0.1, 0.15) is 12.1 Å². The van der Waals surface area contributed by atoms with E-state index < -0.39 is 0 Å². The minimum absolute atomic E-state index is 0.0506. The second-order valence-corrected chi connectivity index (χ2v) is 8.47. The maximum absolute atomic E-state index is 13.1. The number of fused-ring (bicyclic) bond motifs is 1. The lowest BCUT2D eigenvalue weighted by atomic mass is 9.87. The van der Waals surface area contributed by atoms with Gasteiger partial charge in [-0.05, 0) is 24.6 Å². The Bertz CT molecular complexity index is 1050. The Kier molecular flexibility index (Phi) is 4.87. The highest BCUT2D eigenvalue weighted by Gasteiger charge is 2.47. The molecule has 0 radical (unpaired) electrons. The summed E-state index contributed by atoms with van der Waals surface area (Å²) >= 11 is 0. The molecule has 154 valence electrons. The second kappa shape index (κ2) is 7.69. The van der Waals surface area contributed by atoms with Gasteiger partial charge in [0.15, 0.2) is 0 Å². The van der Waals surface area contributed by atoms with Crippen LogP contribution in [0.3, 0.4) is 0 Å². The molecule has 30 heavy (non-hydrogen) atoms. The lowest BCUT2D eigenvalue weighted by molar-refractivity contribution is -0.129. The molecule has 0 N–H and O–H groups in total. The molecule has 5 rings (SSSR count). The van der Waals surface area contributed by atoms with Crippen molar-refractivity contribution in [2.45, 2.75) is 19.4 Å². The molecule has 0 aliphatic carbocycles. The fourth-order valence-electron chi connectivity index (χ4n) is 4.81. The number of carbonyl (C=O) groups excluding carboxylic acids is 1. The van der Waals surface area contributed by atoms with Crippen molar-refractivity contribution < 1.29 is 9.53 Å². The predicted molar refractivity (Wildman–Crippen MR) is 116 cm³/mol. The van der Waals surface area contributed by atoms with E-state index in [0.29, 0.717) is 26.2 Å². The van der Waals surface area contributed by atoms with Gasteiger partial charge in [-0.3, -0.25) is 4.79 Å². The number of benzene rings is 2. The van der Waals surface area contributed by atoms with E-state index >= 15 is 0 Å². The van der Waals surface area contributed by atoms with Gasteiger partial charge in [0.2, 0.25) is 5.91 Å². The van der Waals surface area contributed by atoms with Crippen molar-refractivity contribution in [3.63, 3.8) is 0 Å². The molecule has 1 aromatic heterocycles. The Morgan fingerprint density at radius 3 is 2.70 bits per heavy atom. The van der Waals surface area contributed by atoms with Crippen molar-refractivity contribution in [1.82, 2.24) is 14.9 Å². The number of likely N-dealkylation sites (tertiary alicyclic amines) is 1. The first kappa shape index (κ1) is 19.0. The molecule has 0 unspecified atom stereocenters. The van der Waals surface area contributed by atoms with Crippen LogP contribution in [0.5, 0.6) is 0 Å². The molecule has 2 aliphatic rings. The van der Waals surface area contributed by atoms with Crippen LogP contribution in [0.25, 0.3) is 10.9 Å². The van der Waals surface area contributed by atoms with Crippen LogP contribution in [0, 0.1) is 5.41 Å². The fourth-order valence-corrected chi connectivity index (χ4v) is 4.81. The number of para-hydroxylation sites is 1. The summed E-state index contributed by atoms with van der Waals surface area (Å²) in [6.07, 6.45) is 2.13. The van der Waals surface area contributed by atoms with Crippen LogP contribution in [0.2, 0.25) is 0 Å². The Hall–Kier alpha value is -2.99. The molecule has 6 heteroatoms. The number of amides is 1. The maximum atomic E-state index is 13.1. The van der Waals surface area contributed by atoms with Crippen LogP contribution < -0.4 is 4.90 Å². The Morgan fingerprint density at radius 2 is 1.83 bits per heavy atom. The highest BCUT2D eigenvalue weighted by molar-refractivity contribution is 5.89. The van der Waals surface area contributed by atoms with Crippen LogP contribution in [0.4, 0.5) is 5.82 Å². The zero-order valence-electron chi connectivity index (χ0n) is 17.2. The molecule has 1 spiro atoms. The molecule has 1 amide bonds. The summed E-state index contributed by atoms with van der Waals surface area (Å²) in [5.74, 6) is 1.12. The summed E-state index contributed by atoms with van der Waals surface area (Å²) < 4.78 is 6.01. The lowest BCUT2D eigenvalue weighted by Gasteiger charge is -2.33. The molecular weight excluding hydrogens is 376 g/mol. The zero-order valence-corrected chi connectivity index (χ0v) is 17.2. The van der Waals surface area contributed by atoms with Crippen molar-refractivity contribution in [1.29, 1.82) is 0 Å². The number of anilines is 1. The quantitative estimate of drug-likeness (QED) is 0.672. The zero-order chi connectivity index (χ0) is 20.6. The first-order chi connectivity index (χ1) is 14.7.